The van der Waals surface area contributed by atoms with Crippen LogP contribution in [0.5, 0.6) is 0 Å². The molecule has 2 aliphatic heterocycles. The third-order valence-electron chi connectivity index (χ3n) is 9.08. The first-order chi connectivity index (χ1) is 26.0. The van der Waals surface area contributed by atoms with Crippen molar-refractivity contribution < 1.29 is 38.4 Å². The molecule has 54 heavy (non-hydrogen) atoms. The number of nitrogens with two attached hydrogens (primary N) is 1. The molecule has 1 unspecified atom stereocenters. The predicted molar refractivity (Wildman–Crippen MR) is 190 cm³/mol. The van der Waals surface area contributed by atoms with Gasteiger partial charge in [0.25, 0.3) is 0 Å². The maximum absolute atomic E-state index is 12.9. The Morgan fingerprint density at radius 3 is 2.56 bits per heavy atom. The van der Waals surface area contributed by atoms with Crippen LogP contribution in [0.2, 0.25) is 0 Å². The number of aliphatic hydroxyl groups is 4. The van der Waals surface area contributed by atoms with E-state index in [2.05, 4.69) is 36.3 Å². The van der Waals surface area contributed by atoms with E-state index in [0.29, 0.717) is 43.0 Å². The molecule has 7 rings (SSSR count). The Morgan fingerprint density at radius 1 is 1.06 bits per heavy atom. The molecular weight excluding hydrogens is 727 g/mol. The normalized spacial score (nSPS) is 22.1. The first kappa shape index (κ1) is 37.0. The quantitative estimate of drug-likeness (QED) is 0.0703. The van der Waals surface area contributed by atoms with Gasteiger partial charge in [-0.05, 0) is 47.9 Å². The molecule has 0 saturated carbocycles. The van der Waals surface area contributed by atoms with Crippen LogP contribution >= 0.6 is 0 Å². The summed E-state index contributed by atoms with van der Waals surface area (Å²) in [4.78, 5) is 30.0. The summed E-state index contributed by atoms with van der Waals surface area (Å²) in [5.74, 6) is 0.593. The number of benzene rings is 2. The van der Waals surface area contributed by atoms with Crippen LogP contribution in [0.3, 0.4) is 0 Å². The number of nitrogens with zero attached hydrogens (tertiary/aromatic N) is 9. The summed E-state index contributed by atoms with van der Waals surface area (Å²) in [7, 11) is -3.88. The molecular formula is C32H39N13O8S. The highest BCUT2D eigenvalue weighted by molar-refractivity contribution is 7.89. The Bertz CT molecular complexity index is 2190. The Morgan fingerprint density at radius 2 is 1.83 bits per heavy atom. The highest BCUT2D eigenvalue weighted by Crippen LogP contribution is 2.39. The van der Waals surface area contributed by atoms with E-state index < -0.39 is 46.6 Å². The van der Waals surface area contributed by atoms with Gasteiger partial charge in [-0.25, -0.2) is 23.3 Å². The Kier molecular flexibility index (Phi) is 10.6. The van der Waals surface area contributed by atoms with Gasteiger partial charge < -0.3 is 46.0 Å². The number of fused-ring (bicyclic) bond motifs is 1. The average Bonchev–Trinajstić information content (AvgIpc) is 3.96. The highest BCUT2D eigenvalue weighted by atomic mass is 32.2. The van der Waals surface area contributed by atoms with E-state index in [4.69, 9.17) is 19.8 Å². The van der Waals surface area contributed by atoms with Crippen LogP contribution in [0.4, 0.5) is 22.2 Å². The molecule has 2 aromatic carbocycles. The molecule has 21 nitrogen and oxygen atoms in total. The number of urea groups is 1. The number of sulfonamides is 1. The van der Waals surface area contributed by atoms with E-state index >= 15 is 0 Å². The van der Waals surface area contributed by atoms with E-state index in [1.807, 2.05) is 35.2 Å². The molecule has 0 bridgehead atoms. The smallest absolute Gasteiger partial charge is 0.319 e. The van der Waals surface area contributed by atoms with Gasteiger partial charge in [-0.2, -0.15) is 14.8 Å². The van der Waals surface area contributed by atoms with E-state index in [-0.39, 0.29) is 48.1 Å². The third kappa shape index (κ3) is 7.94. The zero-order chi connectivity index (χ0) is 38.0. The lowest BCUT2D eigenvalue weighted by Gasteiger charge is -2.22. The molecule has 5 heterocycles. The maximum atomic E-state index is 12.9. The van der Waals surface area contributed by atoms with Crippen LogP contribution in [-0.2, 0) is 27.7 Å². The standard InChI is InChI=1S/C32H39N13O8S/c33-54(51,52)22-8-6-19(7-9-22)36-32(50)37-20-10-11-43(15-20)31-38-27(35-21(16-47)14-18-4-2-1-3-5-18)23-29(39-31)44(17-34-23)30-25(49)24(48)26(53-30)28-40-42-45(41-28)12-13-46/h1-9,17,20-21,24-26,30,46-49H,10-16H2,(H2,33,51,52)(H,35,38,39)(H2,36,37,50)/t20?,21-,24-,25+,26-,30+/m0/s1. The fourth-order valence-corrected chi connectivity index (χ4v) is 6.90. The number of anilines is 3. The molecule has 0 aliphatic carbocycles. The van der Waals surface area contributed by atoms with Crippen LogP contribution < -0.4 is 26.0 Å². The number of imidazole rings is 1. The highest BCUT2D eigenvalue weighted by Gasteiger charge is 2.47. The van der Waals surface area contributed by atoms with Gasteiger partial charge in [0.1, 0.15) is 12.2 Å². The van der Waals surface area contributed by atoms with Crippen molar-refractivity contribution in [2.45, 2.75) is 60.9 Å². The van der Waals surface area contributed by atoms with Crippen LogP contribution in [0.15, 0.2) is 65.8 Å². The van der Waals surface area contributed by atoms with Crippen LogP contribution in [0.1, 0.15) is 30.1 Å². The minimum atomic E-state index is -3.88. The molecule has 286 valence electrons. The fraction of sp³-hybridized carbons (Fsp3) is 0.406. The second kappa shape index (κ2) is 15.5. The van der Waals surface area contributed by atoms with Crippen molar-refractivity contribution >= 4 is 44.7 Å². The number of primary sulfonamides is 1. The van der Waals surface area contributed by atoms with Gasteiger partial charge in [-0.3, -0.25) is 4.57 Å². The number of ether oxygens (including phenoxy) is 1. The number of hydrogen-bond acceptors (Lipinski definition) is 16. The number of carbonyl (C=O) groups is 1. The zero-order valence-electron chi connectivity index (χ0n) is 28.6. The molecule has 3 aromatic heterocycles. The summed E-state index contributed by atoms with van der Waals surface area (Å²) < 4.78 is 30.7. The predicted octanol–water partition coefficient (Wildman–Crippen LogP) is -1.14. The molecule has 6 atom stereocenters. The number of aromatic nitrogens is 8. The molecule has 9 N–H and O–H groups in total. The number of hydrogen-bond donors (Lipinski definition) is 8. The zero-order valence-corrected chi connectivity index (χ0v) is 29.4. The summed E-state index contributed by atoms with van der Waals surface area (Å²) in [6, 6.07) is 13.8. The molecule has 5 aromatic rings. The second-order valence-corrected chi connectivity index (χ2v) is 14.5. The lowest BCUT2D eigenvalue weighted by atomic mass is 10.1. The number of carbonyl (C=O) groups excluding carboxylic acids is 1. The maximum Gasteiger partial charge on any atom is 0.319 e. The van der Waals surface area contributed by atoms with Crippen molar-refractivity contribution in [3.8, 4) is 0 Å². The van der Waals surface area contributed by atoms with Crippen molar-refractivity contribution in [2.75, 3.05) is 41.8 Å². The Hall–Kier alpha value is -5.36. The summed E-state index contributed by atoms with van der Waals surface area (Å²) >= 11 is 0. The average molecular weight is 766 g/mol. The first-order valence-electron chi connectivity index (χ1n) is 17.0. The topological polar surface area (TPSA) is 294 Å². The molecule has 2 saturated heterocycles. The number of tetrazole rings is 1. The van der Waals surface area contributed by atoms with E-state index in [0.717, 1.165) is 10.4 Å². The summed E-state index contributed by atoms with van der Waals surface area (Å²) in [5.41, 5.74) is 1.92. The third-order valence-corrected chi connectivity index (χ3v) is 10.0. The van der Waals surface area contributed by atoms with E-state index in [1.54, 1.807) is 0 Å². The molecule has 22 heteroatoms. The van der Waals surface area contributed by atoms with Gasteiger partial charge in [-0.15, -0.1) is 10.2 Å². The van der Waals surface area contributed by atoms with Crippen molar-refractivity contribution in [3.63, 3.8) is 0 Å². The number of aliphatic hydroxyl groups excluding tert-OH is 4. The van der Waals surface area contributed by atoms with Crippen molar-refractivity contribution in [2.24, 2.45) is 5.14 Å². The second-order valence-electron chi connectivity index (χ2n) is 12.9. The molecule has 2 amide bonds. The largest absolute Gasteiger partial charge is 0.394 e. The van der Waals surface area contributed by atoms with Gasteiger partial charge in [0, 0.05) is 24.8 Å². The molecule has 2 aliphatic rings. The Balaban J connectivity index is 1.14. The first-order valence-corrected chi connectivity index (χ1v) is 18.6. The van der Waals surface area contributed by atoms with Gasteiger partial charge in [0.05, 0.1) is 37.0 Å². The van der Waals surface area contributed by atoms with Crippen molar-refractivity contribution in [1.82, 2.24) is 45.0 Å². The van der Waals surface area contributed by atoms with Crippen LogP contribution in [0.25, 0.3) is 11.2 Å². The lowest BCUT2D eigenvalue weighted by molar-refractivity contribution is -0.0384. The van der Waals surface area contributed by atoms with E-state index in [1.165, 1.54) is 35.2 Å². The van der Waals surface area contributed by atoms with Gasteiger partial charge >= 0.3 is 6.03 Å². The number of rotatable bonds is 13. The minimum Gasteiger partial charge on any atom is -0.394 e. The van der Waals surface area contributed by atoms with Gasteiger partial charge in [-0.1, -0.05) is 30.3 Å². The molecule has 0 spiro atoms. The Labute approximate surface area is 307 Å². The fourth-order valence-electron chi connectivity index (χ4n) is 6.38. The van der Waals surface area contributed by atoms with Crippen molar-refractivity contribution in [1.29, 1.82) is 0 Å². The molecule has 2 fully saturated rings. The van der Waals surface area contributed by atoms with Gasteiger partial charge in [0.15, 0.2) is 29.3 Å². The SMILES string of the molecule is NS(=O)(=O)c1ccc(NC(=O)NC2CCN(c3nc(N[C@H](CO)Cc4ccccc4)c4ncn([C@@H]5O[C@H](c6nnn(CCO)n6)[C@@H](O)[C@H]5O)c4n3)C2)cc1. The van der Waals surface area contributed by atoms with Crippen LogP contribution in [0, 0.1) is 0 Å². The van der Waals surface area contributed by atoms with Gasteiger partial charge in [0.2, 0.25) is 21.8 Å². The van der Waals surface area contributed by atoms with Crippen LogP contribution in [-0.4, -0.2) is 125 Å². The number of nitrogens with one attached hydrogen (secondary N) is 3. The molecule has 0 radical (unpaired) electrons. The number of amides is 2. The summed E-state index contributed by atoms with van der Waals surface area (Å²) in [5, 5.41) is 67.7. The van der Waals surface area contributed by atoms with Crippen molar-refractivity contribution in [3.05, 3.63) is 72.3 Å². The summed E-state index contributed by atoms with van der Waals surface area (Å²) in [6.07, 6.45) is -2.80. The summed E-state index contributed by atoms with van der Waals surface area (Å²) in [6.45, 7) is 0.408. The van der Waals surface area contributed by atoms with E-state index in [9.17, 15) is 33.6 Å². The minimum absolute atomic E-state index is 0.0199. The lowest BCUT2D eigenvalue weighted by Crippen LogP contribution is -2.40. The monoisotopic (exact) mass is 765 g/mol.